The second-order valence-electron chi connectivity index (χ2n) is 6.76. The number of nitrogens with zero attached hydrogens (tertiary/aromatic N) is 1. The lowest BCUT2D eigenvalue weighted by Gasteiger charge is -2.30. The molecule has 1 heterocycles. The number of carbonyl (C=O) groups is 1. The molecule has 132 valence electrons. The van der Waals surface area contributed by atoms with Gasteiger partial charge in [-0.3, -0.25) is 4.79 Å². The van der Waals surface area contributed by atoms with Crippen LogP contribution >= 0.6 is 0 Å². The summed E-state index contributed by atoms with van der Waals surface area (Å²) in [5, 5.41) is 0. The average molecular weight is 351 g/mol. The van der Waals surface area contributed by atoms with Gasteiger partial charge >= 0.3 is 0 Å². The van der Waals surface area contributed by atoms with Crippen LogP contribution < -0.4 is 4.90 Å². The van der Waals surface area contributed by atoms with E-state index in [1.54, 1.807) is 6.08 Å². The minimum Gasteiger partial charge on any atom is -0.336 e. The minimum absolute atomic E-state index is 0.0205. The zero-order valence-electron chi connectivity index (χ0n) is 15.3. The predicted octanol–water partition coefficient (Wildman–Crippen LogP) is 5.80. The van der Waals surface area contributed by atoms with Crippen LogP contribution in [0.15, 0.2) is 96.7 Å². The first-order valence-corrected chi connectivity index (χ1v) is 9.12. The van der Waals surface area contributed by atoms with E-state index in [1.807, 2.05) is 67.6 Å². The van der Waals surface area contributed by atoms with Crippen LogP contribution in [0.4, 0.5) is 5.69 Å². The molecule has 0 spiro atoms. The Hall–Kier alpha value is -3.39. The molecule has 0 bridgehead atoms. The van der Waals surface area contributed by atoms with E-state index in [4.69, 9.17) is 0 Å². The zero-order valence-corrected chi connectivity index (χ0v) is 15.3. The molecule has 0 amide bonds. The molecule has 2 heteroatoms. The van der Waals surface area contributed by atoms with Gasteiger partial charge < -0.3 is 4.90 Å². The van der Waals surface area contributed by atoms with E-state index in [0.717, 1.165) is 29.1 Å². The molecule has 27 heavy (non-hydrogen) atoms. The summed E-state index contributed by atoms with van der Waals surface area (Å²) in [5.41, 5.74) is 6.25. The Balaban J connectivity index is 1.71. The molecule has 0 fully saturated rings. The summed E-state index contributed by atoms with van der Waals surface area (Å²) in [6.07, 6.45) is 5.84. The van der Waals surface area contributed by atoms with Crippen molar-refractivity contribution >= 4 is 17.5 Å². The van der Waals surface area contributed by atoms with Crippen LogP contribution in [0, 0.1) is 6.92 Å². The number of hydrogen-bond donors (Lipinski definition) is 0. The molecule has 0 aliphatic carbocycles. The smallest absolute Gasteiger partial charge is 0.187 e. The van der Waals surface area contributed by atoms with Crippen molar-refractivity contribution in [3.05, 3.63) is 119 Å². The Kier molecular flexibility index (Phi) is 4.71. The summed E-state index contributed by atoms with van der Waals surface area (Å²) in [7, 11) is 0. The number of aryl methyl sites for hydroxylation is 1. The first-order chi connectivity index (χ1) is 13.2. The molecule has 3 aromatic rings. The summed E-state index contributed by atoms with van der Waals surface area (Å²) in [6, 6.07) is 26.3. The lowest BCUT2D eigenvalue weighted by Crippen LogP contribution is -2.24. The van der Waals surface area contributed by atoms with Gasteiger partial charge in [0, 0.05) is 29.6 Å². The van der Waals surface area contributed by atoms with Crippen LogP contribution in [0.5, 0.6) is 0 Å². The molecular formula is C25H21NO. The summed E-state index contributed by atoms with van der Waals surface area (Å²) in [5.74, 6) is 0.0205. The van der Waals surface area contributed by atoms with Crippen LogP contribution in [0.2, 0.25) is 0 Å². The highest BCUT2D eigenvalue weighted by Crippen LogP contribution is 2.32. The number of fused-ring (bicyclic) bond motifs is 1. The minimum atomic E-state index is 0.0205. The number of ketones is 1. The highest BCUT2D eigenvalue weighted by Gasteiger charge is 2.18. The molecule has 1 aliphatic rings. The van der Waals surface area contributed by atoms with Crippen LogP contribution in [0.3, 0.4) is 0 Å². The quantitative estimate of drug-likeness (QED) is 0.438. The Morgan fingerprint density at radius 3 is 2.33 bits per heavy atom. The van der Waals surface area contributed by atoms with Crippen molar-refractivity contribution in [3.63, 3.8) is 0 Å². The Labute approximate surface area is 160 Å². The van der Waals surface area contributed by atoms with Crippen LogP contribution in [0.1, 0.15) is 27.0 Å². The number of carbonyl (C=O) groups excluding carboxylic acids is 1. The second kappa shape index (κ2) is 7.46. The van der Waals surface area contributed by atoms with Gasteiger partial charge in [-0.1, -0.05) is 84.4 Å². The topological polar surface area (TPSA) is 20.3 Å². The predicted molar refractivity (Wildman–Crippen MR) is 112 cm³/mol. The third-order valence-corrected chi connectivity index (χ3v) is 4.77. The molecule has 0 saturated carbocycles. The first-order valence-electron chi connectivity index (χ1n) is 9.12. The van der Waals surface area contributed by atoms with E-state index in [2.05, 4.69) is 35.2 Å². The molecule has 1 aliphatic heterocycles. The maximum Gasteiger partial charge on any atom is 0.187 e. The van der Waals surface area contributed by atoms with E-state index in [0.29, 0.717) is 5.56 Å². The van der Waals surface area contributed by atoms with Gasteiger partial charge in [-0.25, -0.2) is 0 Å². The number of para-hydroxylation sites is 1. The summed E-state index contributed by atoms with van der Waals surface area (Å²) in [6.45, 7) is 2.74. The number of anilines is 1. The largest absolute Gasteiger partial charge is 0.336 e. The molecule has 0 aromatic heterocycles. The van der Waals surface area contributed by atoms with E-state index < -0.39 is 0 Å². The van der Waals surface area contributed by atoms with Gasteiger partial charge in [0.05, 0.1) is 0 Å². The molecule has 0 N–H and O–H groups in total. The SMILES string of the molecule is Cc1ccc(C(=O)/C=C2\C=Cc3ccccc3N2Cc2ccccc2)cc1. The lowest BCUT2D eigenvalue weighted by molar-refractivity contribution is 0.104. The maximum atomic E-state index is 12.8. The van der Waals surface area contributed by atoms with Crippen LogP contribution in [-0.2, 0) is 6.54 Å². The van der Waals surface area contributed by atoms with Gasteiger partial charge in [-0.05, 0) is 30.2 Å². The third-order valence-electron chi connectivity index (χ3n) is 4.77. The molecule has 4 rings (SSSR count). The number of hydrogen-bond acceptors (Lipinski definition) is 2. The Morgan fingerprint density at radius 1 is 0.852 bits per heavy atom. The molecule has 0 radical (unpaired) electrons. The monoisotopic (exact) mass is 351 g/mol. The molecule has 2 nitrogen and oxygen atoms in total. The van der Waals surface area contributed by atoms with Crippen molar-refractivity contribution in [2.45, 2.75) is 13.5 Å². The van der Waals surface area contributed by atoms with E-state index >= 15 is 0 Å². The Morgan fingerprint density at radius 2 is 1.56 bits per heavy atom. The highest BCUT2D eigenvalue weighted by molar-refractivity contribution is 6.05. The highest BCUT2D eigenvalue weighted by atomic mass is 16.1. The first kappa shape index (κ1) is 17.0. The number of benzene rings is 3. The van der Waals surface area contributed by atoms with Gasteiger partial charge in [-0.15, -0.1) is 0 Å². The van der Waals surface area contributed by atoms with Crippen molar-refractivity contribution in [2.24, 2.45) is 0 Å². The molecule has 0 unspecified atom stereocenters. The standard InChI is InChI=1S/C25H21NO/c1-19-11-13-22(14-12-19)25(27)17-23-16-15-21-9-5-6-10-24(21)26(23)18-20-7-3-2-4-8-20/h2-17H,18H2,1H3/b23-17+. The normalized spacial score (nSPS) is 14.3. The van der Waals surface area contributed by atoms with E-state index in [-0.39, 0.29) is 5.78 Å². The van der Waals surface area contributed by atoms with Crippen LogP contribution in [0.25, 0.3) is 6.08 Å². The summed E-state index contributed by atoms with van der Waals surface area (Å²) >= 11 is 0. The van der Waals surface area contributed by atoms with E-state index in [1.165, 1.54) is 5.56 Å². The zero-order chi connectivity index (χ0) is 18.6. The summed E-state index contributed by atoms with van der Waals surface area (Å²) < 4.78 is 0. The van der Waals surface area contributed by atoms with Gasteiger partial charge in [0.15, 0.2) is 5.78 Å². The van der Waals surface area contributed by atoms with E-state index in [9.17, 15) is 4.79 Å². The van der Waals surface area contributed by atoms with Crippen molar-refractivity contribution in [1.29, 1.82) is 0 Å². The van der Waals surface area contributed by atoms with Gasteiger partial charge in [0.2, 0.25) is 0 Å². The van der Waals surface area contributed by atoms with Crippen molar-refractivity contribution in [3.8, 4) is 0 Å². The lowest BCUT2D eigenvalue weighted by atomic mass is 10.0. The maximum absolute atomic E-state index is 12.8. The van der Waals surface area contributed by atoms with Gasteiger partial charge in [0.25, 0.3) is 0 Å². The van der Waals surface area contributed by atoms with Crippen molar-refractivity contribution in [1.82, 2.24) is 0 Å². The number of rotatable bonds is 4. The van der Waals surface area contributed by atoms with Gasteiger partial charge in [-0.2, -0.15) is 0 Å². The molecular weight excluding hydrogens is 330 g/mol. The van der Waals surface area contributed by atoms with Crippen molar-refractivity contribution < 1.29 is 4.79 Å². The second-order valence-corrected chi connectivity index (χ2v) is 6.76. The van der Waals surface area contributed by atoms with Crippen LogP contribution in [-0.4, -0.2) is 5.78 Å². The fourth-order valence-corrected chi connectivity index (χ4v) is 3.28. The fourth-order valence-electron chi connectivity index (χ4n) is 3.28. The Bertz CT molecular complexity index is 1010. The fraction of sp³-hybridized carbons (Fsp3) is 0.0800. The molecule has 3 aromatic carbocycles. The van der Waals surface area contributed by atoms with Gasteiger partial charge in [0.1, 0.15) is 0 Å². The average Bonchev–Trinajstić information content (AvgIpc) is 2.71. The third kappa shape index (κ3) is 3.75. The molecule has 0 atom stereocenters. The summed E-state index contributed by atoms with van der Waals surface area (Å²) in [4.78, 5) is 15.0. The molecule has 0 saturated heterocycles. The number of allylic oxidation sites excluding steroid dienone is 2. The van der Waals surface area contributed by atoms with Crippen molar-refractivity contribution in [2.75, 3.05) is 4.90 Å².